The van der Waals surface area contributed by atoms with E-state index in [2.05, 4.69) is 24.9 Å². The summed E-state index contributed by atoms with van der Waals surface area (Å²) in [4.78, 5) is 6.59. The minimum Gasteiger partial charge on any atom is -0.292 e. The van der Waals surface area contributed by atoms with Gasteiger partial charge in [0.15, 0.2) is 0 Å². The number of hydrogen-bond acceptors (Lipinski definition) is 2. The molecule has 1 aromatic heterocycles. The first kappa shape index (κ1) is 13.9. The Balaban J connectivity index is 1.86. The molecule has 3 rings (SSSR count). The molecule has 0 radical (unpaired) electrons. The third kappa shape index (κ3) is 2.71. The van der Waals surface area contributed by atoms with E-state index in [-0.39, 0.29) is 12.0 Å². The van der Waals surface area contributed by atoms with Gasteiger partial charge in [-0.3, -0.25) is 9.88 Å². The Morgan fingerprint density at radius 3 is 2.70 bits per heavy atom. The van der Waals surface area contributed by atoms with Crippen LogP contribution >= 0.6 is 0 Å². The van der Waals surface area contributed by atoms with Gasteiger partial charge in [-0.25, -0.2) is 8.78 Å². The van der Waals surface area contributed by atoms with Crippen molar-refractivity contribution < 1.29 is 8.78 Å². The highest BCUT2D eigenvalue weighted by atomic mass is 19.3. The Kier molecular flexibility index (Phi) is 3.53. The van der Waals surface area contributed by atoms with Gasteiger partial charge in [0, 0.05) is 24.7 Å². The van der Waals surface area contributed by atoms with Crippen LogP contribution in [0.25, 0.3) is 0 Å². The average molecular weight is 280 g/mol. The van der Waals surface area contributed by atoms with Crippen molar-refractivity contribution in [2.45, 2.75) is 51.5 Å². The van der Waals surface area contributed by atoms with E-state index in [4.69, 9.17) is 0 Å². The van der Waals surface area contributed by atoms with Crippen molar-refractivity contribution in [3.05, 3.63) is 29.1 Å². The number of halogens is 2. The Labute approximate surface area is 119 Å². The van der Waals surface area contributed by atoms with Crippen molar-refractivity contribution in [3.8, 4) is 0 Å². The molecule has 0 saturated heterocycles. The molecule has 110 valence electrons. The fourth-order valence-electron chi connectivity index (χ4n) is 3.41. The van der Waals surface area contributed by atoms with Gasteiger partial charge < -0.3 is 0 Å². The van der Waals surface area contributed by atoms with Crippen molar-refractivity contribution in [2.75, 3.05) is 13.1 Å². The summed E-state index contributed by atoms with van der Waals surface area (Å²) >= 11 is 0. The average Bonchev–Trinajstić information content (AvgIpc) is 3.07. The number of hydrogen-bond donors (Lipinski definition) is 0. The maximum absolute atomic E-state index is 12.7. The molecular weight excluding hydrogens is 258 g/mol. The van der Waals surface area contributed by atoms with Crippen LogP contribution in [0.3, 0.4) is 0 Å². The minimum absolute atomic E-state index is 0.0822. The number of pyridine rings is 1. The van der Waals surface area contributed by atoms with E-state index in [9.17, 15) is 8.78 Å². The highest BCUT2D eigenvalue weighted by Crippen LogP contribution is 2.51. The summed E-state index contributed by atoms with van der Waals surface area (Å²) in [5.41, 5.74) is 3.66. The zero-order chi connectivity index (χ0) is 14.3. The van der Waals surface area contributed by atoms with Gasteiger partial charge in [-0.2, -0.15) is 0 Å². The van der Waals surface area contributed by atoms with Crippen LogP contribution in [0.15, 0.2) is 12.3 Å². The fourth-order valence-corrected chi connectivity index (χ4v) is 3.41. The molecule has 1 aromatic rings. The quantitative estimate of drug-likeness (QED) is 0.840. The molecule has 0 atom stereocenters. The number of fused-ring (bicyclic) bond motifs is 2. The van der Waals surface area contributed by atoms with Gasteiger partial charge in [0.2, 0.25) is 0 Å². The van der Waals surface area contributed by atoms with Crippen molar-refractivity contribution in [2.24, 2.45) is 5.92 Å². The maximum atomic E-state index is 12.7. The molecule has 0 aromatic carbocycles. The second-order valence-corrected chi connectivity index (χ2v) is 6.79. The molecule has 1 aliphatic carbocycles. The normalized spacial score (nSPS) is 20.7. The molecule has 1 spiro atoms. The molecule has 1 saturated carbocycles. The third-order valence-corrected chi connectivity index (χ3v) is 4.34. The summed E-state index contributed by atoms with van der Waals surface area (Å²) in [5, 5.41) is 0. The van der Waals surface area contributed by atoms with Crippen molar-refractivity contribution in [3.63, 3.8) is 0 Å². The van der Waals surface area contributed by atoms with Gasteiger partial charge in [0.05, 0.1) is 12.2 Å². The lowest BCUT2D eigenvalue weighted by molar-refractivity contribution is 0.0742. The van der Waals surface area contributed by atoms with E-state index in [0.717, 1.165) is 25.8 Å². The van der Waals surface area contributed by atoms with E-state index in [0.29, 0.717) is 12.5 Å². The number of aromatic nitrogens is 1. The van der Waals surface area contributed by atoms with Crippen LogP contribution in [0.1, 0.15) is 43.5 Å². The largest absolute Gasteiger partial charge is 0.292 e. The van der Waals surface area contributed by atoms with Gasteiger partial charge in [-0.15, -0.1) is 0 Å². The van der Waals surface area contributed by atoms with Crippen LogP contribution in [-0.4, -0.2) is 29.4 Å². The van der Waals surface area contributed by atoms with Gasteiger partial charge in [0.25, 0.3) is 6.43 Å². The van der Waals surface area contributed by atoms with Crippen LogP contribution in [0, 0.1) is 5.92 Å². The molecule has 0 N–H and O–H groups in total. The van der Waals surface area contributed by atoms with Crippen molar-refractivity contribution in [1.82, 2.24) is 9.88 Å². The Morgan fingerprint density at radius 1 is 1.35 bits per heavy atom. The monoisotopic (exact) mass is 280 g/mol. The second-order valence-electron chi connectivity index (χ2n) is 6.79. The molecule has 2 aliphatic rings. The van der Waals surface area contributed by atoms with Crippen LogP contribution in [0.4, 0.5) is 8.78 Å². The smallest absolute Gasteiger partial charge is 0.251 e. The Morgan fingerprint density at radius 2 is 2.10 bits per heavy atom. The maximum Gasteiger partial charge on any atom is 0.251 e. The highest BCUT2D eigenvalue weighted by Gasteiger charge is 2.50. The fraction of sp³-hybridized carbons (Fsp3) is 0.688. The molecule has 20 heavy (non-hydrogen) atoms. The van der Waals surface area contributed by atoms with Crippen LogP contribution in [-0.2, 0) is 18.4 Å². The molecule has 4 heteroatoms. The van der Waals surface area contributed by atoms with Crippen LogP contribution in [0.5, 0.6) is 0 Å². The summed E-state index contributed by atoms with van der Waals surface area (Å²) < 4.78 is 25.3. The number of alkyl halides is 2. The molecule has 0 bridgehead atoms. The lowest BCUT2D eigenvalue weighted by Gasteiger charge is -2.34. The van der Waals surface area contributed by atoms with E-state index < -0.39 is 6.43 Å². The highest BCUT2D eigenvalue weighted by molar-refractivity contribution is 5.38. The van der Waals surface area contributed by atoms with Gasteiger partial charge in [-0.05, 0) is 36.3 Å². The summed E-state index contributed by atoms with van der Waals surface area (Å²) in [6, 6.07) is 2.19. The molecule has 0 unspecified atom stereocenters. The van der Waals surface area contributed by atoms with E-state index in [1.165, 1.54) is 16.8 Å². The molecule has 1 fully saturated rings. The van der Waals surface area contributed by atoms with Crippen LogP contribution in [0.2, 0.25) is 0 Å². The third-order valence-electron chi connectivity index (χ3n) is 4.34. The first-order chi connectivity index (χ1) is 9.48. The summed E-state index contributed by atoms with van der Waals surface area (Å²) in [6.07, 6.45) is 2.93. The first-order valence-corrected chi connectivity index (χ1v) is 7.47. The summed E-state index contributed by atoms with van der Waals surface area (Å²) in [5.74, 6) is 0.588. The number of rotatable bonds is 4. The van der Waals surface area contributed by atoms with Gasteiger partial charge >= 0.3 is 0 Å². The topological polar surface area (TPSA) is 16.1 Å². The van der Waals surface area contributed by atoms with Crippen molar-refractivity contribution in [1.29, 1.82) is 0 Å². The second kappa shape index (κ2) is 5.06. The van der Waals surface area contributed by atoms with E-state index in [1.54, 1.807) is 0 Å². The van der Waals surface area contributed by atoms with Gasteiger partial charge in [-0.1, -0.05) is 19.9 Å². The van der Waals surface area contributed by atoms with Crippen LogP contribution < -0.4 is 0 Å². The van der Waals surface area contributed by atoms with E-state index >= 15 is 0 Å². The molecule has 0 amide bonds. The van der Waals surface area contributed by atoms with Gasteiger partial charge in [0.1, 0.15) is 0 Å². The Bertz CT molecular complexity index is 495. The lowest BCUT2D eigenvalue weighted by Crippen LogP contribution is -2.41. The molecule has 1 aliphatic heterocycles. The minimum atomic E-state index is -2.25. The number of nitrogens with zero attached hydrogens (tertiary/aromatic N) is 2. The summed E-state index contributed by atoms with van der Waals surface area (Å²) in [6.45, 7) is 5.63. The molecule has 2 nitrogen and oxygen atoms in total. The first-order valence-electron chi connectivity index (χ1n) is 7.47. The zero-order valence-corrected chi connectivity index (χ0v) is 12.2. The standard InChI is InChI=1S/C16H22F2N2/c1-11(2)5-12-6-13-8-20(9-14(17)18)10-16(3-4-16)15(13)19-7-12/h6-7,11,14H,3-5,8-10H2,1-2H3. The summed E-state index contributed by atoms with van der Waals surface area (Å²) in [7, 11) is 0. The Hall–Kier alpha value is -1.03. The zero-order valence-electron chi connectivity index (χ0n) is 12.2. The predicted molar refractivity (Wildman–Crippen MR) is 75.0 cm³/mol. The lowest BCUT2D eigenvalue weighted by atomic mass is 9.90. The molecule has 2 heterocycles. The predicted octanol–water partition coefficient (Wildman–Crippen LogP) is 3.39. The molecular formula is C16H22F2N2. The SMILES string of the molecule is CC(C)Cc1cnc2c(c1)CN(CC(F)F)CC21CC1. The van der Waals surface area contributed by atoms with Crippen molar-refractivity contribution >= 4 is 0 Å². The van der Waals surface area contributed by atoms with E-state index in [1.807, 2.05) is 11.1 Å².